The van der Waals surface area contributed by atoms with Gasteiger partial charge in [0.15, 0.2) is 0 Å². The summed E-state index contributed by atoms with van der Waals surface area (Å²) in [5, 5.41) is 0.625. The molecule has 0 aliphatic carbocycles. The van der Waals surface area contributed by atoms with E-state index < -0.39 is 5.97 Å². The van der Waals surface area contributed by atoms with Crippen LogP contribution in [0.25, 0.3) is 5.70 Å². The highest BCUT2D eigenvalue weighted by Gasteiger charge is 2.00. The summed E-state index contributed by atoms with van der Waals surface area (Å²) in [7, 11) is 1.30. The Morgan fingerprint density at radius 3 is 2.50 bits per heavy atom. The van der Waals surface area contributed by atoms with Gasteiger partial charge in [-0.1, -0.05) is 23.7 Å². The largest absolute Gasteiger partial charge is 0.466 e. The highest BCUT2D eigenvalue weighted by molar-refractivity contribution is 6.30. The van der Waals surface area contributed by atoms with Crippen molar-refractivity contribution in [2.75, 3.05) is 7.11 Å². The van der Waals surface area contributed by atoms with E-state index in [4.69, 9.17) is 17.3 Å². The third-order valence-corrected chi connectivity index (χ3v) is 1.90. The molecule has 2 N–H and O–H groups in total. The van der Waals surface area contributed by atoms with Crippen molar-refractivity contribution in [1.82, 2.24) is 0 Å². The van der Waals surface area contributed by atoms with E-state index in [0.29, 0.717) is 10.7 Å². The number of carbonyl (C=O) groups is 1. The predicted molar refractivity (Wildman–Crippen MR) is 55.6 cm³/mol. The number of esters is 1. The van der Waals surface area contributed by atoms with E-state index in [9.17, 15) is 4.79 Å². The molecule has 0 saturated heterocycles. The maximum Gasteiger partial charge on any atom is 0.332 e. The van der Waals surface area contributed by atoms with Crippen molar-refractivity contribution in [1.29, 1.82) is 0 Å². The van der Waals surface area contributed by atoms with Crippen LogP contribution >= 0.6 is 11.6 Å². The Hall–Kier alpha value is -1.48. The monoisotopic (exact) mass is 211 g/mol. The molecule has 1 aromatic rings. The van der Waals surface area contributed by atoms with Gasteiger partial charge >= 0.3 is 5.97 Å². The molecule has 1 rings (SSSR count). The molecule has 0 fully saturated rings. The van der Waals surface area contributed by atoms with E-state index in [0.717, 1.165) is 5.56 Å². The Labute approximate surface area is 87.1 Å². The van der Waals surface area contributed by atoms with Crippen molar-refractivity contribution in [2.24, 2.45) is 5.73 Å². The van der Waals surface area contributed by atoms with Gasteiger partial charge in [0, 0.05) is 16.8 Å². The summed E-state index contributed by atoms with van der Waals surface area (Å²) in [6.07, 6.45) is 1.23. The minimum absolute atomic E-state index is 0.355. The minimum atomic E-state index is -0.475. The molecule has 0 amide bonds. The standard InChI is InChI=1S/C10H10ClNO2/c1-14-10(13)6-9(12)7-2-4-8(11)5-3-7/h2-6H,12H2,1H3. The number of hydrogen-bond donors (Lipinski definition) is 1. The van der Waals surface area contributed by atoms with Crippen LogP contribution in [-0.2, 0) is 9.53 Å². The van der Waals surface area contributed by atoms with Gasteiger partial charge in [-0.15, -0.1) is 0 Å². The van der Waals surface area contributed by atoms with Crippen LogP contribution in [0.1, 0.15) is 5.56 Å². The van der Waals surface area contributed by atoms with Crippen LogP contribution in [-0.4, -0.2) is 13.1 Å². The third-order valence-electron chi connectivity index (χ3n) is 1.65. The van der Waals surface area contributed by atoms with E-state index in [1.54, 1.807) is 24.3 Å². The zero-order valence-corrected chi connectivity index (χ0v) is 8.41. The van der Waals surface area contributed by atoms with Crippen LogP contribution in [0.15, 0.2) is 30.3 Å². The second kappa shape index (κ2) is 4.67. The quantitative estimate of drug-likeness (QED) is 0.600. The zero-order chi connectivity index (χ0) is 10.6. The lowest BCUT2D eigenvalue weighted by molar-refractivity contribution is -0.134. The van der Waals surface area contributed by atoms with Crippen LogP contribution in [0.3, 0.4) is 0 Å². The molecule has 0 spiro atoms. The van der Waals surface area contributed by atoms with Crippen LogP contribution < -0.4 is 5.73 Å². The summed E-state index contributed by atoms with van der Waals surface area (Å²) in [5.41, 5.74) is 6.73. The summed E-state index contributed by atoms with van der Waals surface area (Å²) in [5.74, 6) is -0.475. The first-order valence-corrected chi connectivity index (χ1v) is 4.32. The highest BCUT2D eigenvalue weighted by Crippen LogP contribution is 2.13. The Balaban J connectivity index is 2.89. The molecule has 0 aliphatic heterocycles. The number of rotatable bonds is 2. The van der Waals surface area contributed by atoms with Gasteiger partial charge in [0.25, 0.3) is 0 Å². The SMILES string of the molecule is COC(=O)C=C(N)c1ccc(Cl)cc1. The number of carbonyl (C=O) groups excluding carboxylic acids is 1. The molecule has 0 aromatic heterocycles. The number of nitrogens with two attached hydrogens (primary N) is 1. The van der Waals surface area contributed by atoms with E-state index >= 15 is 0 Å². The van der Waals surface area contributed by atoms with Crippen molar-refractivity contribution < 1.29 is 9.53 Å². The summed E-state index contributed by atoms with van der Waals surface area (Å²) in [6.45, 7) is 0. The lowest BCUT2D eigenvalue weighted by Gasteiger charge is -2.00. The van der Waals surface area contributed by atoms with Crippen LogP contribution in [0.4, 0.5) is 0 Å². The van der Waals surface area contributed by atoms with E-state index in [1.807, 2.05) is 0 Å². The fraction of sp³-hybridized carbons (Fsp3) is 0.100. The number of ether oxygens (including phenoxy) is 1. The molecule has 1 aromatic carbocycles. The Morgan fingerprint density at radius 1 is 1.43 bits per heavy atom. The van der Waals surface area contributed by atoms with Gasteiger partial charge in [0.1, 0.15) is 0 Å². The normalized spacial score (nSPS) is 11.1. The molecule has 0 bridgehead atoms. The molecule has 3 nitrogen and oxygen atoms in total. The maximum atomic E-state index is 10.9. The van der Waals surface area contributed by atoms with E-state index in [1.165, 1.54) is 13.2 Å². The maximum absolute atomic E-state index is 10.9. The summed E-state index contributed by atoms with van der Waals surface area (Å²) in [6, 6.07) is 6.87. The van der Waals surface area contributed by atoms with Gasteiger partial charge in [0.05, 0.1) is 7.11 Å². The van der Waals surface area contributed by atoms with Crippen molar-refractivity contribution in [2.45, 2.75) is 0 Å². The highest BCUT2D eigenvalue weighted by atomic mass is 35.5. The average Bonchev–Trinajstić information content (AvgIpc) is 2.18. The summed E-state index contributed by atoms with van der Waals surface area (Å²) >= 11 is 5.70. The van der Waals surface area contributed by atoms with Crippen molar-refractivity contribution in [3.05, 3.63) is 40.9 Å². The Morgan fingerprint density at radius 2 is 2.00 bits per heavy atom. The topological polar surface area (TPSA) is 52.3 Å². The van der Waals surface area contributed by atoms with Crippen LogP contribution in [0, 0.1) is 0 Å². The van der Waals surface area contributed by atoms with Gasteiger partial charge in [-0.2, -0.15) is 0 Å². The van der Waals surface area contributed by atoms with Gasteiger partial charge in [0.2, 0.25) is 0 Å². The molecular formula is C10H10ClNO2. The fourth-order valence-corrected chi connectivity index (χ4v) is 1.04. The zero-order valence-electron chi connectivity index (χ0n) is 7.66. The number of methoxy groups -OCH3 is 1. The Bertz CT molecular complexity index is 357. The first kappa shape index (κ1) is 10.6. The fourth-order valence-electron chi connectivity index (χ4n) is 0.912. The molecule has 0 atom stereocenters. The second-order valence-electron chi connectivity index (χ2n) is 2.63. The molecule has 74 valence electrons. The molecule has 0 unspecified atom stereocenters. The first-order valence-electron chi connectivity index (χ1n) is 3.94. The molecule has 14 heavy (non-hydrogen) atoms. The molecule has 0 aliphatic rings. The second-order valence-corrected chi connectivity index (χ2v) is 3.07. The van der Waals surface area contributed by atoms with E-state index in [2.05, 4.69) is 4.74 Å². The molecular weight excluding hydrogens is 202 g/mol. The third kappa shape index (κ3) is 2.78. The smallest absolute Gasteiger partial charge is 0.332 e. The number of halogens is 1. The van der Waals surface area contributed by atoms with Crippen molar-refractivity contribution in [3.8, 4) is 0 Å². The van der Waals surface area contributed by atoms with Crippen molar-refractivity contribution in [3.63, 3.8) is 0 Å². The van der Waals surface area contributed by atoms with Gasteiger partial charge in [-0.25, -0.2) is 4.79 Å². The lowest BCUT2D eigenvalue weighted by Crippen LogP contribution is -2.02. The molecule has 4 heteroatoms. The Kier molecular flexibility index (Phi) is 3.54. The summed E-state index contributed by atoms with van der Waals surface area (Å²) < 4.78 is 4.44. The van der Waals surface area contributed by atoms with Gasteiger partial charge in [-0.3, -0.25) is 0 Å². The van der Waals surface area contributed by atoms with Gasteiger partial charge in [-0.05, 0) is 17.7 Å². The molecule has 0 radical (unpaired) electrons. The minimum Gasteiger partial charge on any atom is -0.466 e. The lowest BCUT2D eigenvalue weighted by atomic mass is 10.1. The average molecular weight is 212 g/mol. The van der Waals surface area contributed by atoms with Crippen LogP contribution in [0.2, 0.25) is 5.02 Å². The molecule has 0 saturated carbocycles. The van der Waals surface area contributed by atoms with Crippen LogP contribution in [0.5, 0.6) is 0 Å². The number of hydrogen-bond acceptors (Lipinski definition) is 3. The van der Waals surface area contributed by atoms with Crippen molar-refractivity contribution >= 4 is 23.3 Å². The van der Waals surface area contributed by atoms with E-state index in [-0.39, 0.29) is 0 Å². The predicted octanol–water partition coefficient (Wildman–Crippen LogP) is 1.81. The first-order chi connectivity index (χ1) is 6.63. The number of benzene rings is 1. The van der Waals surface area contributed by atoms with Gasteiger partial charge < -0.3 is 10.5 Å². The molecule has 0 heterocycles. The summed E-state index contributed by atoms with van der Waals surface area (Å²) in [4.78, 5) is 10.9.